The van der Waals surface area contributed by atoms with Crippen LogP contribution < -0.4 is 10.2 Å². The molecule has 0 aliphatic carbocycles. The van der Waals surface area contributed by atoms with Gasteiger partial charge >= 0.3 is 6.18 Å². The van der Waals surface area contributed by atoms with Crippen LogP contribution in [0.2, 0.25) is 0 Å². The van der Waals surface area contributed by atoms with Crippen LogP contribution in [0.3, 0.4) is 0 Å². The van der Waals surface area contributed by atoms with Crippen molar-refractivity contribution in [1.29, 1.82) is 0 Å². The van der Waals surface area contributed by atoms with Crippen molar-refractivity contribution in [3.05, 3.63) is 60.2 Å². The van der Waals surface area contributed by atoms with E-state index in [-0.39, 0.29) is 24.6 Å². The molecule has 0 aromatic heterocycles. The van der Waals surface area contributed by atoms with Gasteiger partial charge in [-0.3, -0.25) is 4.79 Å². The Bertz CT molecular complexity index is 671. The van der Waals surface area contributed by atoms with E-state index in [4.69, 9.17) is 0 Å². The van der Waals surface area contributed by atoms with Gasteiger partial charge in [-0.2, -0.15) is 13.2 Å². The Morgan fingerprint density at radius 1 is 1.04 bits per heavy atom. The predicted octanol–water partition coefficient (Wildman–Crippen LogP) is 4.56. The van der Waals surface area contributed by atoms with Crippen LogP contribution in [0.4, 0.5) is 24.5 Å². The van der Waals surface area contributed by atoms with Crippen LogP contribution in [0.15, 0.2) is 54.6 Å². The molecule has 1 amide bonds. The van der Waals surface area contributed by atoms with Crippen molar-refractivity contribution < 1.29 is 18.0 Å². The summed E-state index contributed by atoms with van der Waals surface area (Å²) in [4.78, 5) is 13.9. The lowest BCUT2D eigenvalue weighted by molar-refractivity contribution is -0.137. The summed E-state index contributed by atoms with van der Waals surface area (Å²) >= 11 is 0. The van der Waals surface area contributed by atoms with E-state index in [1.54, 1.807) is 4.90 Å². The SMILES string of the molecule is CCN(C(=O)CCNc1ccccc1C(F)(F)F)c1ccccc1. The summed E-state index contributed by atoms with van der Waals surface area (Å²) in [6, 6.07) is 14.4. The molecule has 2 rings (SSSR count). The third kappa shape index (κ3) is 4.50. The third-order valence-electron chi connectivity index (χ3n) is 3.57. The van der Waals surface area contributed by atoms with Crippen LogP contribution in [0, 0.1) is 0 Å². The molecule has 0 bridgehead atoms. The van der Waals surface area contributed by atoms with Gasteiger partial charge in [0, 0.05) is 30.9 Å². The average Bonchev–Trinajstić information content (AvgIpc) is 2.56. The monoisotopic (exact) mass is 336 g/mol. The highest BCUT2D eigenvalue weighted by atomic mass is 19.4. The molecule has 2 aromatic rings. The minimum absolute atomic E-state index is 0.0134. The van der Waals surface area contributed by atoms with Crippen LogP contribution in [0.25, 0.3) is 0 Å². The Hall–Kier alpha value is -2.50. The molecule has 3 nitrogen and oxygen atoms in total. The molecule has 0 aliphatic heterocycles. The smallest absolute Gasteiger partial charge is 0.384 e. The van der Waals surface area contributed by atoms with Crippen molar-refractivity contribution >= 4 is 17.3 Å². The zero-order chi connectivity index (χ0) is 17.6. The molecule has 0 radical (unpaired) electrons. The number of hydrogen-bond donors (Lipinski definition) is 1. The van der Waals surface area contributed by atoms with Gasteiger partial charge < -0.3 is 10.2 Å². The highest BCUT2D eigenvalue weighted by Gasteiger charge is 2.33. The van der Waals surface area contributed by atoms with Crippen molar-refractivity contribution in [3.63, 3.8) is 0 Å². The van der Waals surface area contributed by atoms with E-state index in [0.717, 1.165) is 11.8 Å². The Kier molecular flexibility index (Phi) is 5.84. The molecule has 0 atom stereocenters. The summed E-state index contributed by atoms with van der Waals surface area (Å²) in [6.45, 7) is 2.49. The predicted molar refractivity (Wildman–Crippen MR) is 89.0 cm³/mol. The molecule has 0 spiro atoms. The average molecular weight is 336 g/mol. The zero-order valence-corrected chi connectivity index (χ0v) is 13.3. The molecule has 1 N–H and O–H groups in total. The molecule has 24 heavy (non-hydrogen) atoms. The first-order valence-corrected chi connectivity index (χ1v) is 7.69. The van der Waals surface area contributed by atoms with Gasteiger partial charge in [-0.1, -0.05) is 30.3 Å². The molecule has 0 saturated heterocycles. The molecule has 2 aromatic carbocycles. The molecule has 0 heterocycles. The molecular weight excluding hydrogens is 317 g/mol. The minimum Gasteiger partial charge on any atom is -0.384 e. The van der Waals surface area contributed by atoms with Crippen LogP contribution in [0.5, 0.6) is 0 Å². The topological polar surface area (TPSA) is 32.3 Å². The summed E-state index contributed by atoms with van der Waals surface area (Å²) in [7, 11) is 0. The van der Waals surface area contributed by atoms with E-state index < -0.39 is 11.7 Å². The van der Waals surface area contributed by atoms with E-state index in [0.29, 0.717) is 6.54 Å². The number of halogens is 3. The van der Waals surface area contributed by atoms with E-state index in [9.17, 15) is 18.0 Å². The molecule has 0 aliphatic rings. The number of amides is 1. The van der Waals surface area contributed by atoms with E-state index in [2.05, 4.69) is 5.32 Å². The second-order valence-electron chi connectivity index (χ2n) is 5.19. The number of nitrogens with one attached hydrogen (secondary N) is 1. The van der Waals surface area contributed by atoms with Crippen LogP contribution in [0.1, 0.15) is 18.9 Å². The number of hydrogen-bond acceptors (Lipinski definition) is 2. The van der Waals surface area contributed by atoms with Crippen molar-refractivity contribution in [3.8, 4) is 0 Å². The van der Waals surface area contributed by atoms with Gasteiger partial charge in [-0.05, 0) is 31.2 Å². The van der Waals surface area contributed by atoms with E-state index >= 15 is 0 Å². The molecule has 0 saturated carbocycles. The Labute approximate surface area is 139 Å². The highest BCUT2D eigenvalue weighted by Crippen LogP contribution is 2.34. The summed E-state index contributed by atoms with van der Waals surface area (Å²) in [6.07, 6.45) is -4.32. The van der Waals surface area contributed by atoms with Gasteiger partial charge in [-0.25, -0.2) is 0 Å². The second-order valence-corrected chi connectivity index (χ2v) is 5.19. The van der Waals surface area contributed by atoms with Gasteiger partial charge in [-0.15, -0.1) is 0 Å². The largest absolute Gasteiger partial charge is 0.418 e. The third-order valence-corrected chi connectivity index (χ3v) is 3.57. The summed E-state index contributed by atoms with van der Waals surface area (Å²) < 4.78 is 38.8. The first-order valence-electron chi connectivity index (χ1n) is 7.69. The molecular formula is C18H19F3N2O. The maximum absolute atomic E-state index is 12.9. The quantitative estimate of drug-likeness (QED) is 0.839. The second kappa shape index (κ2) is 7.86. The maximum atomic E-state index is 12.9. The fraction of sp³-hybridized carbons (Fsp3) is 0.278. The fourth-order valence-corrected chi connectivity index (χ4v) is 2.43. The van der Waals surface area contributed by atoms with Crippen molar-refractivity contribution in [2.75, 3.05) is 23.3 Å². The van der Waals surface area contributed by atoms with Crippen molar-refractivity contribution in [2.45, 2.75) is 19.5 Å². The van der Waals surface area contributed by atoms with Gasteiger partial charge in [0.15, 0.2) is 0 Å². The number of carbonyl (C=O) groups is 1. The van der Waals surface area contributed by atoms with Gasteiger partial charge in [0.25, 0.3) is 0 Å². The summed E-state index contributed by atoms with van der Waals surface area (Å²) in [5.41, 5.74) is 0.0362. The summed E-state index contributed by atoms with van der Waals surface area (Å²) in [5.74, 6) is -0.138. The summed E-state index contributed by atoms with van der Waals surface area (Å²) in [5, 5.41) is 2.71. The lowest BCUT2D eigenvalue weighted by atomic mass is 10.1. The minimum atomic E-state index is -4.42. The number of para-hydroxylation sites is 2. The normalized spacial score (nSPS) is 11.2. The van der Waals surface area contributed by atoms with E-state index in [1.807, 2.05) is 37.3 Å². The zero-order valence-electron chi connectivity index (χ0n) is 13.3. The van der Waals surface area contributed by atoms with Crippen LogP contribution >= 0.6 is 0 Å². The number of nitrogens with zero attached hydrogens (tertiary/aromatic N) is 1. The Morgan fingerprint density at radius 3 is 2.29 bits per heavy atom. The van der Waals surface area contributed by atoms with Gasteiger partial charge in [0.1, 0.15) is 0 Å². The number of anilines is 2. The van der Waals surface area contributed by atoms with E-state index in [1.165, 1.54) is 18.2 Å². The first-order chi connectivity index (χ1) is 11.4. The molecule has 0 fully saturated rings. The van der Waals surface area contributed by atoms with Crippen LogP contribution in [-0.2, 0) is 11.0 Å². The van der Waals surface area contributed by atoms with Crippen molar-refractivity contribution in [2.24, 2.45) is 0 Å². The first kappa shape index (κ1) is 17.8. The lowest BCUT2D eigenvalue weighted by Gasteiger charge is -2.21. The lowest BCUT2D eigenvalue weighted by Crippen LogP contribution is -2.31. The molecule has 128 valence electrons. The number of carbonyl (C=O) groups excluding carboxylic acids is 1. The molecule has 6 heteroatoms. The van der Waals surface area contributed by atoms with Gasteiger partial charge in [0.05, 0.1) is 5.56 Å². The van der Waals surface area contributed by atoms with Crippen molar-refractivity contribution in [1.82, 2.24) is 0 Å². The number of alkyl halides is 3. The Balaban J connectivity index is 1.98. The number of rotatable bonds is 6. The fourth-order valence-electron chi connectivity index (χ4n) is 2.43. The standard InChI is InChI=1S/C18H19F3N2O/c1-2-23(14-8-4-3-5-9-14)17(24)12-13-22-16-11-7-6-10-15(16)18(19,20)21/h3-11,22H,2,12-13H2,1H3. The number of benzene rings is 2. The molecule has 0 unspecified atom stereocenters. The van der Waals surface area contributed by atoms with Gasteiger partial charge in [0.2, 0.25) is 5.91 Å². The maximum Gasteiger partial charge on any atom is 0.418 e. The van der Waals surface area contributed by atoms with Crippen LogP contribution in [-0.4, -0.2) is 19.0 Å². The highest BCUT2D eigenvalue weighted by molar-refractivity contribution is 5.93. The Morgan fingerprint density at radius 2 is 1.67 bits per heavy atom.